The van der Waals surface area contributed by atoms with Crippen LogP contribution >= 0.6 is 11.6 Å². The molecule has 3 heteroatoms. The first kappa shape index (κ1) is 14.6. The van der Waals surface area contributed by atoms with Crippen molar-refractivity contribution in [2.75, 3.05) is 0 Å². The first-order chi connectivity index (χ1) is 9.70. The molecule has 0 bridgehead atoms. The molecule has 0 spiro atoms. The lowest BCUT2D eigenvalue weighted by Crippen LogP contribution is -2.20. The smallest absolute Gasteiger partial charge is 0.120 e. The summed E-state index contributed by atoms with van der Waals surface area (Å²) in [7, 11) is 0. The molecule has 2 rings (SSSR count). The number of rotatable bonds is 6. The molecule has 2 N–H and O–H groups in total. The first-order valence-electron chi connectivity index (χ1n) is 6.57. The van der Waals surface area contributed by atoms with E-state index in [-0.39, 0.29) is 6.04 Å². The Morgan fingerprint density at radius 3 is 2.50 bits per heavy atom. The lowest BCUT2D eigenvalue weighted by atomic mass is 10.0. The molecule has 0 saturated heterocycles. The Morgan fingerprint density at radius 2 is 1.85 bits per heavy atom. The fourth-order valence-corrected chi connectivity index (χ4v) is 2.22. The molecule has 2 aromatic rings. The molecule has 0 radical (unpaired) electrons. The van der Waals surface area contributed by atoms with E-state index >= 15 is 0 Å². The van der Waals surface area contributed by atoms with Crippen molar-refractivity contribution < 1.29 is 5.11 Å². The van der Waals surface area contributed by atoms with E-state index in [9.17, 15) is 5.11 Å². The molecule has 1 atom stereocenters. The van der Waals surface area contributed by atoms with Crippen LogP contribution in [0.1, 0.15) is 23.6 Å². The number of benzene rings is 2. The van der Waals surface area contributed by atoms with Crippen LogP contribution in [-0.2, 0) is 6.54 Å². The van der Waals surface area contributed by atoms with Crippen LogP contribution < -0.4 is 5.32 Å². The average Bonchev–Trinajstić information content (AvgIpc) is 2.46. The zero-order valence-corrected chi connectivity index (χ0v) is 12.0. The predicted molar refractivity (Wildman–Crippen MR) is 84.0 cm³/mol. The van der Waals surface area contributed by atoms with Gasteiger partial charge in [-0.2, -0.15) is 0 Å². The molecule has 0 unspecified atom stereocenters. The van der Waals surface area contributed by atoms with Crippen LogP contribution in [0.3, 0.4) is 0 Å². The van der Waals surface area contributed by atoms with E-state index in [1.807, 2.05) is 48.5 Å². The van der Waals surface area contributed by atoms with E-state index in [4.69, 9.17) is 11.6 Å². The number of hydrogen-bond donors (Lipinski definition) is 2. The first-order valence-corrected chi connectivity index (χ1v) is 6.95. The maximum Gasteiger partial charge on any atom is 0.120 e. The van der Waals surface area contributed by atoms with Crippen LogP contribution in [-0.4, -0.2) is 5.11 Å². The van der Waals surface area contributed by atoms with Gasteiger partial charge in [0.2, 0.25) is 0 Å². The Balaban J connectivity index is 2.08. The van der Waals surface area contributed by atoms with Gasteiger partial charge < -0.3 is 10.4 Å². The predicted octanol–water partition coefficient (Wildman–Crippen LogP) is 4.45. The van der Waals surface area contributed by atoms with E-state index in [2.05, 4.69) is 11.9 Å². The molecule has 0 aliphatic heterocycles. The fraction of sp³-hybridized carbons (Fsp3) is 0.176. The Hall–Kier alpha value is -1.77. The van der Waals surface area contributed by atoms with Crippen molar-refractivity contribution in [3.8, 4) is 5.75 Å². The number of nitrogens with one attached hydrogen (secondary N) is 1. The highest BCUT2D eigenvalue weighted by atomic mass is 35.5. The van der Waals surface area contributed by atoms with Crippen LogP contribution in [0, 0.1) is 0 Å². The van der Waals surface area contributed by atoms with Gasteiger partial charge in [0.1, 0.15) is 5.75 Å². The maximum absolute atomic E-state index is 9.78. The highest BCUT2D eigenvalue weighted by Crippen LogP contribution is 2.22. The summed E-state index contributed by atoms with van der Waals surface area (Å²) in [5.41, 5.74) is 2.04. The van der Waals surface area contributed by atoms with Crippen molar-refractivity contribution in [2.24, 2.45) is 0 Å². The average molecular weight is 288 g/mol. The van der Waals surface area contributed by atoms with Gasteiger partial charge in [-0.3, -0.25) is 0 Å². The lowest BCUT2D eigenvalue weighted by molar-refractivity contribution is 0.457. The van der Waals surface area contributed by atoms with Crippen molar-refractivity contribution in [3.05, 3.63) is 77.3 Å². The normalized spacial score (nSPS) is 12.1. The summed E-state index contributed by atoms with van der Waals surface area (Å²) >= 11 is 5.91. The van der Waals surface area contributed by atoms with Crippen LogP contribution in [0.2, 0.25) is 5.02 Å². The second kappa shape index (κ2) is 7.13. The standard InChI is InChI=1S/C17H18ClNO/c1-2-5-16(13-8-10-15(18)11-9-13)19-12-14-6-3-4-7-17(14)20/h2-4,6-11,16,19-20H,1,5,12H2/t16-/m0/s1. The lowest BCUT2D eigenvalue weighted by Gasteiger charge is -2.18. The van der Waals surface area contributed by atoms with E-state index in [1.54, 1.807) is 6.07 Å². The maximum atomic E-state index is 9.78. The van der Waals surface area contributed by atoms with Gasteiger partial charge in [-0.15, -0.1) is 6.58 Å². The van der Waals surface area contributed by atoms with Gasteiger partial charge >= 0.3 is 0 Å². The Labute approximate surface area is 124 Å². The molecular weight excluding hydrogens is 270 g/mol. The SMILES string of the molecule is C=CC[C@H](NCc1ccccc1O)c1ccc(Cl)cc1. The summed E-state index contributed by atoms with van der Waals surface area (Å²) in [4.78, 5) is 0. The minimum absolute atomic E-state index is 0.157. The summed E-state index contributed by atoms with van der Waals surface area (Å²) in [6.45, 7) is 4.41. The summed E-state index contributed by atoms with van der Waals surface area (Å²) in [6.07, 6.45) is 2.70. The van der Waals surface area contributed by atoms with E-state index in [0.717, 1.165) is 22.6 Å². The quantitative estimate of drug-likeness (QED) is 0.769. The van der Waals surface area contributed by atoms with E-state index in [0.29, 0.717) is 12.3 Å². The van der Waals surface area contributed by atoms with Gasteiger partial charge in [-0.1, -0.05) is 48.0 Å². The van der Waals surface area contributed by atoms with Crippen LogP contribution in [0.25, 0.3) is 0 Å². The van der Waals surface area contributed by atoms with Crippen LogP contribution in [0.4, 0.5) is 0 Å². The number of phenols is 1. The molecule has 0 heterocycles. The minimum Gasteiger partial charge on any atom is -0.508 e. The Morgan fingerprint density at radius 1 is 1.15 bits per heavy atom. The van der Waals surface area contributed by atoms with Gasteiger partial charge in [-0.05, 0) is 30.2 Å². The third-order valence-electron chi connectivity index (χ3n) is 3.21. The summed E-state index contributed by atoms with van der Waals surface area (Å²) in [5, 5.41) is 14.0. The molecule has 0 aromatic heterocycles. The van der Waals surface area contributed by atoms with Gasteiger partial charge in [0.25, 0.3) is 0 Å². The topological polar surface area (TPSA) is 32.3 Å². The van der Waals surface area contributed by atoms with E-state index in [1.165, 1.54) is 0 Å². The summed E-state index contributed by atoms with van der Waals surface area (Å²) in [5.74, 6) is 0.313. The molecule has 2 nitrogen and oxygen atoms in total. The number of aromatic hydroxyl groups is 1. The third kappa shape index (κ3) is 3.86. The van der Waals surface area contributed by atoms with Gasteiger partial charge in [-0.25, -0.2) is 0 Å². The second-order valence-corrected chi connectivity index (χ2v) is 5.07. The highest BCUT2D eigenvalue weighted by molar-refractivity contribution is 6.30. The molecule has 0 saturated carbocycles. The third-order valence-corrected chi connectivity index (χ3v) is 3.46. The molecule has 0 fully saturated rings. The molecule has 104 valence electrons. The molecule has 0 amide bonds. The number of phenolic OH excluding ortho intramolecular Hbond substituents is 1. The molecule has 0 aliphatic carbocycles. The van der Waals surface area contributed by atoms with Crippen molar-refractivity contribution in [1.82, 2.24) is 5.32 Å². The molecule has 0 aliphatic rings. The second-order valence-electron chi connectivity index (χ2n) is 4.64. The number of halogens is 1. The van der Waals surface area contributed by atoms with Crippen LogP contribution in [0.5, 0.6) is 5.75 Å². The monoisotopic (exact) mass is 287 g/mol. The van der Waals surface area contributed by atoms with Gasteiger partial charge in [0.15, 0.2) is 0 Å². The molecular formula is C17H18ClNO. The van der Waals surface area contributed by atoms with Crippen molar-refractivity contribution in [3.63, 3.8) is 0 Å². The summed E-state index contributed by atoms with van der Waals surface area (Å²) < 4.78 is 0. The number of para-hydroxylation sites is 1. The Kier molecular flexibility index (Phi) is 5.22. The zero-order chi connectivity index (χ0) is 14.4. The van der Waals surface area contributed by atoms with Crippen molar-refractivity contribution in [1.29, 1.82) is 0 Å². The largest absolute Gasteiger partial charge is 0.508 e. The minimum atomic E-state index is 0.157. The zero-order valence-electron chi connectivity index (χ0n) is 11.2. The van der Waals surface area contributed by atoms with Crippen molar-refractivity contribution >= 4 is 11.6 Å². The highest BCUT2D eigenvalue weighted by Gasteiger charge is 2.10. The number of hydrogen-bond acceptors (Lipinski definition) is 2. The van der Waals surface area contributed by atoms with Crippen LogP contribution in [0.15, 0.2) is 61.2 Å². The fourth-order valence-electron chi connectivity index (χ4n) is 2.09. The van der Waals surface area contributed by atoms with Gasteiger partial charge in [0, 0.05) is 23.2 Å². The molecule has 2 aromatic carbocycles. The van der Waals surface area contributed by atoms with E-state index < -0.39 is 0 Å². The van der Waals surface area contributed by atoms with Crippen molar-refractivity contribution in [2.45, 2.75) is 19.0 Å². The summed E-state index contributed by atoms with van der Waals surface area (Å²) in [6, 6.07) is 15.3. The molecule has 20 heavy (non-hydrogen) atoms. The van der Waals surface area contributed by atoms with Gasteiger partial charge in [0.05, 0.1) is 0 Å². The Bertz CT molecular complexity index is 565.